The van der Waals surface area contributed by atoms with E-state index in [4.69, 9.17) is 0 Å². The monoisotopic (exact) mass is 587 g/mol. The number of nitrogens with one attached hydrogen (secondary N) is 3. The van der Waals surface area contributed by atoms with Gasteiger partial charge < -0.3 is 21.1 Å². The van der Waals surface area contributed by atoms with E-state index in [-0.39, 0.29) is 31.2 Å². The third kappa shape index (κ3) is 10.1. The predicted octanol–water partition coefficient (Wildman–Crippen LogP) is 3.25. The van der Waals surface area contributed by atoms with Gasteiger partial charge in [-0.15, -0.1) is 15.3 Å². The zero-order valence-electron chi connectivity index (χ0n) is 23.2. The average molecular weight is 588 g/mol. The minimum atomic E-state index is -1.07. The summed E-state index contributed by atoms with van der Waals surface area (Å²) < 4.78 is 0. The molecule has 4 rings (SSSR count). The Morgan fingerprint density at radius 3 is 2.26 bits per heavy atom. The summed E-state index contributed by atoms with van der Waals surface area (Å²) in [6, 6.07) is 20.5. The summed E-state index contributed by atoms with van der Waals surface area (Å²) in [5.74, 6) is -0.367. The highest BCUT2D eigenvalue weighted by Crippen LogP contribution is 2.18. The Labute approximate surface area is 247 Å². The quantitative estimate of drug-likeness (QED) is 0.164. The third-order valence-corrected chi connectivity index (χ3v) is 7.08. The molecule has 2 aromatic heterocycles. The number of aliphatic hydroxyl groups is 1. The minimum absolute atomic E-state index is 0.138. The van der Waals surface area contributed by atoms with Crippen molar-refractivity contribution in [3.05, 3.63) is 94.1 Å². The van der Waals surface area contributed by atoms with Gasteiger partial charge in [0.2, 0.25) is 22.9 Å². The number of rotatable bonds is 14. The van der Waals surface area contributed by atoms with Gasteiger partial charge in [-0.2, -0.15) is 5.10 Å². The smallest absolute Gasteiger partial charge is 0.248 e. The molecule has 0 radical (unpaired) electrons. The van der Waals surface area contributed by atoms with Crippen LogP contribution in [-0.4, -0.2) is 49.3 Å². The average Bonchev–Trinajstić information content (AvgIpc) is 3.42. The maximum atomic E-state index is 12.5. The van der Waals surface area contributed by atoms with Gasteiger partial charge in [0.1, 0.15) is 11.1 Å². The molecule has 12 heteroatoms. The van der Waals surface area contributed by atoms with Crippen molar-refractivity contribution in [1.82, 2.24) is 25.7 Å². The summed E-state index contributed by atoms with van der Waals surface area (Å²) in [6.45, 7) is 1.67. The van der Waals surface area contributed by atoms with Crippen molar-refractivity contribution in [3.8, 4) is 0 Å². The lowest BCUT2D eigenvalue weighted by Crippen LogP contribution is -2.31. The Kier molecular flexibility index (Phi) is 11.2. The molecule has 42 heavy (non-hydrogen) atoms. The van der Waals surface area contributed by atoms with E-state index in [1.54, 1.807) is 6.07 Å². The maximum Gasteiger partial charge on any atom is 0.248 e. The van der Waals surface area contributed by atoms with Crippen LogP contribution in [0.25, 0.3) is 0 Å². The SMILES string of the molecule is CC(O)C(=O)NCc1cccc(CC(=O)Nc2nnc(CCCCc3ccc(NC(=O)Cc4ccccc4)nn3)s2)c1. The number of aryl methyl sites for hydroxylation is 2. The number of hydrogen-bond donors (Lipinski definition) is 4. The van der Waals surface area contributed by atoms with Gasteiger partial charge in [0, 0.05) is 13.0 Å². The number of aromatic nitrogens is 4. The molecule has 0 spiro atoms. The molecule has 0 saturated heterocycles. The van der Waals surface area contributed by atoms with E-state index in [9.17, 15) is 19.5 Å². The Balaban J connectivity index is 1.14. The summed E-state index contributed by atoms with van der Waals surface area (Å²) in [6.07, 6.45) is 2.59. The fraction of sp³-hybridized carbons (Fsp3) is 0.300. The molecule has 0 aliphatic heterocycles. The van der Waals surface area contributed by atoms with E-state index in [0.717, 1.165) is 53.1 Å². The van der Waals surface area contributed by atoms with E-state index < -0.39 is 12.0 Å². The van der Waals surface area contributed by atoms with Gasteiger partial charge >= 0.3 is 0 Å². The highest BCUT2D eigenvalue weighted by atomic mass is 32.1. The van der Waals surface area contributed by atoms with Crippen LogP contribution in [0.4, 0.5) is 10.9 Å². The molecule has 3 amide bonds. The molecule has 0 bridgehead atoms. The van der Waals surface area contributed by atoms with E-state index in [0.29, 0.717) is 10.9 Å². The highest BCUT2D eigenvalue weighted by Gasteiger charge is 2.11. The van der Waals surface area contributed by atoms with Crippen molar-refractivity contribution in [2.75, 3.05) is 10.6 Å². The van der Waals surface area contributed by atoms with E-state index in [1.165, 1.54) is 18.3 Å². The molecule has 0 aliphatic carbocycles. The Bertz CT molecular complexity index is 1480. The minimum Gasteiger partial charge on any atom is -0.384 e. The fourth-order valence-corrected chi connectivity index (χ4v) is 4.85. The molecule has 4 aromatic rings. The van der Waals surface area contributed by atoms with Crippen LogP contribution in [0, 0.1) is 0 Å². The van der Waals surface area contributed by atoms with Gasteiger partial charge in [0.25, 0.3) is 0 Å². The second-order valence-electron chi connectivity index (χ2n) is 9.77. The van der Waals surface area contributed by atoms with Gasteiger partial charge in [-0.3, -0.25) is 14.4 Å². The molecular formula is C30H33N7O4S. The van der Waals surface area contributed by atoms with Crippen molar-refractivity contribution in [1.29, 1.82) is 0 Å². The number of carbonyl (C=O) groups is 3. The number of amides is 3. The van der Waals surface area contributed by atoms with Crippen LogP contribution in [0.1, 0.15) is 47.2 Å². The molecule has 1 atom stereocenters. The van der Waals surface area contributed by atoms with Crippen LogP contribution < -0.4 is 16.0 Å². The maximum absolute atomic E-state index is 12.5. The van der Waals surface area contributed by atoms with Crippen LogP contribution >= 0.6 is 11.3 Å². The summed E-state index contributed by atoms with van der Waals surface area (Å²) in [5.41, 5.74) is 3.41. The summed E-state index contributed by atoms with van der Waals surface area (Å²) in [7, 11) is 0. The lowest BCUT2D eigenvalue weighted by Gasteiger charge is -2.08. The van der Waals surface area contributed by atoms with Crippen molar-refractivity contribution in [2.45, 2.75) is 58.1 Å². The zero-order valence-corrected chi connectivity index (χ0v) is 24.1. The van der Waals surface area contributed by atoms with Crippen molar-refractivity contribution >= 4 is 40.0 Å². The molecule has 218 valence electrons. The van der Waals surface area contributed by atoms with Crippen molar-refractivity contribution in [2.24, 2.45) is 0 Å². The molecule has 1 unspecified atom stereocenters. The predicted molar refractivity (Wildman–Crippen MR) is 160 cm³/mol. The molecule has 0 aliphatic rings. The van der Waals surface area contributed by atoms with E-state index in [1.807, 2.05) is 60.7 Å². The molecule has 2 heterocycles. The topological polar surface area (TPSA) is 159 Å². The number of nitrogens with zero attached hydrogens (tertiary/aromatic N) is 4. The van der Waals surface area contributed by atoms with Crippen LogP contribution in [0.3, 0.4) is 0 Å². The molecule has 0 saturated carbocycles. The number of carbonyl (C=O) groups excluding carboxylic acids is 3. The number of anilines is 2. The van der Waals surface area contributed by atoms with E-state index in [2.05, 4.69) is 36.3 Å². The standard InChI is InChI=1S/C30H33N7O4S/c1-20(38)29(41)31-19-23-11-7-10-22(16-23)18-27(40)33-30-37-36-28(42-30)13-6-5-12-24-14-15-25(35-34-24)32-26(39)17-21-8-3-2-4-9-21/h2-4,7-11,14-16,20,38H,5-6,12-13,17-19H2,1H3,(H,31,41)(H,32,35,39)(H,33,37,40). The van der Waals surface area contributed by atoms with Crippen molar-refractivity contribution < 1.29 is 19.5 Å². The van der Waals surface area contributed by atoms with Crippen molar-refractivity contribution in [3.63, 3.8) is 0 Å². The zero-order chi connectivity index (χ0) is 29.7. The Morgan fingerprint density at radius 1 is 0.786 bits per heavy atom. The molecular weight excluding hydrogens is 554 g/mol. The second-order valence-corrected chi connectivity index (χ2v) is 10.8. The lowest BCUT2D eigenvalue weighted by molar-refractivity contribution is -0.128. The van der Waals surface area contributed by atoms with Gasteiger partial charge in [0.05, 0.1) is 18.5 Å². The second kappa shape index (κ2) is 15.5. The van der Waals surface area contributed by atoms with Crippen LogP contribution in [0.5, 0.6) is 0 Å². The first-order valence-electron chi connectivity index (χ1n) is 13.7. The fourth-order valence-electron chi connectivity index (χ4n) is 4.05. The van der Waals surface area contributed by atoms with Gasteiger partial charge in [-0.05, 0) is 55.0 Å². The van der Waals surface area contributed by atoms with Crippen LogP contribution in [-0.2, 0) is 46.6 Å². The number of benzene rings is 2. The van der Waals surface area contributed by atoms with E-state index >= 15 is 0 Å². The summed E-state index contributed by atoms with van der Waals surface area (Å²) >= 11 is 1.35. The largest absolute Gasteiger partial charge is 0.384 e. The Morgan fingerprint density at radius 2 is 1.50 bits per heavy atom. The molecule has 2 aromatic carbocycles. The first-order valence-corrected chi connectivity index (χ1v) is 14.5. The molecule has 4 N–H and O–H groups in total. The number of hydrogen-bond acceptors (Lipinski definition) is 9. The Hall–Kier alpha value is -4.55. The third-order valence-electron chi connectivity index (χ3n) is 6.18. The normalized spacial score (nSPS) is 11.5. The van der Waals surface area contributed by atoms with Crippen LogP contribution in [0.15, 0.2) is 66.7 Å². The number of unbranched alkanes of at least 4 members (excludes halogenated alkanes) is 1. The molecule has 0 fully saturated rings. The number of aliphatic hydroxyl groups excluding tert-OH is 1. The summed E-state index contributed by atoms with van der Waals surface area (Å²) in [5, 5.41) is 35.4. The highest BCUT2D eigenvalue weighted by molar-refractivity contribution is 7.15. The van der Waals surface area contributed by atoms with Gasteiger partial charge in [-0.1, -0.05) is 65.9 Å². The summed E-state index contributed by atoms with van der Waals surface area (Å²) in [4.78, 5) is 36.3. The first kappa shape index (κ1) is 30.4. The van der Waals surface area contributed by atoms with Gasteiger partial charge in [-0.25, -0.2) is 0 Å². The van der Waals surface area contributed by atoms with Gasteiger partial charge in [0.15, 0.2) is 5.82 Å². The van der Waals surface area contributed by atoms with Crippen LogP contribution in [0.2, 0.25) is 0 Å². The molecule has 11 nitrogen and oxygen atoms in total. The first-order chi connectivity index (χ1) is 20.3. The lowest BCUT2D eigenvalue weighted by atomic mass is 10.1.